The molecule has 0 bridgehead atoms. The molecule has 0 aliphatic rings. The minimum absolute atomic E-state index is 0.0665. The summed E-state index contributed by atoms with van der Waals surface area (Å²) in [6.45, 7) is 0. The Balaban J connectivity index is 1.64. The van der Waals surface area contributed by atoms with E-state index in [1.54, 1.807) is 48.5 Å². The van der Waals surface area contributed by atoms with Crippen LogP contribution in [0.3, 0.4) is 0 Å². The topological polar surface area (TPSA) is 68.5 Å². The van der Waals surface area contributed by atoms with Crippen LogP contribution in [0.25, 0.3) is 11.0 Å². The molecular formula is C22H15NO4. The summed E-state index contributed by atoms with van der Waals surface area (Å²) in [7, 11) is 0. The Hall–Kier alpha value is -3.86. The molecule has 1 amide bonds. The van der Waals surface area contributed by atoms with Crippen molar-refractivity contribution in [1.82, 2.24) is 0 Å². The van der Waals surface area contributed by atoms with Crippen molar-refractivity contribution in [1.29, 1.82) is 0 Å². The number of carbonyl (C=O) groups is 1. The van der Waals surface area contributed by atoms with Crippen LogP contribution in [0.4, 0.5) is 5.69 Å². The van der Waals surface area contributed by atoms with Crippen LogP contribution >= 0.6 is 0 Å². The van der Waals surface area contributed by atoms with Gasteiger partial charge in [-0.25, -0.2) is 0 Å². The smallest absolute Gasteiger partial charge is 0.262 e. The van der Waals surface area contributed by atoms with Crippen LogP contribution < -0.4 is 15.5 Å². The third kappa shape index (κ3) is 3.43. The lowest BCUT2D eigenvalue weighted by Crippen LogP contribution is -2.21. The summed E-state index contributed by atoms with van der Waals surface area (Å²) in [5, 5.41) is 3.09. The third-order valence-electron chi connectivity index (χ3n) is 4.03. The lowest BCUT2D eigenvalue weighted by molar-refractivity contribution is 0.102. The van der Waals surface area contributed by atoms with Crippen LogP contribution in [-0.2, 0) is 0 Å². The summed E-state index contributed by atoms with van der Waals surface area (Å²) < 4.78 is 11.2. The first-order valence-corrected chi connectivity index (χ1v) is 8.36. The van der Waals surface area contributed by atoms with Crippen LogP contribution in [0.1, 0.15) is 10.4 Å². The first kappa shape index (κ1) is 16.6. The monoisotopic (exact) mass is 357 g/mol. The van der Waals surface area contributed by atoms with Gasteiger partial charge in [-0.15, -0.1) is 0 Å². The van der Waals surface area contributed by atoms with Gasteiger partial charge >= 0.3 is 0 Å². The number of anilines is 1. The molecular weight excluding hydrogens is 342 g/mol. The summed E-state index contributed by atoms with van der Waals surface area (Å²) in [6.07, 6.45) is 1.18. The lowest BCUT2D eigenvalue weighted by Gasteiger charge is -2.12. The van der Waals surface area contributed by atoms with Crippen molar-refractivity contribution in [3.63, 3.8) is 0 Å². The molecule has 4 aromatic rings. The van der Waals surface area contributed by atoms with E-state index in [2.05, 4.69) is 5.32 Å². The van der Waals surface area contributed by atoms with Crippen molar-refractivity contribution in [2.24, 2.45) is 0 Å². The Morgan fingerprint density at radius 1 is 0.852 bits per heavy atom. The number of nitrogens with one attached hydrogen (secondary N) is 1. The number of hydrogen-bond donors (Lipinski definition) is 1. The van der Waals surface area contributed by atoms with Gasteiger partial charge in [-0.05, 0) is 36.4 Å². The second-order valence-corrected chi connectivity index (χ2v) is 5.84. The molecule has 0 spiro atoms. The minimum atomic E-state index is -0.557. The molecule has 0 aliphatic heterocycles. The zero-order chi connectivity index (χ0) is 18.6. The highest BCUT2D eigenvalue weighted by atomic mass is 16.5. The van der Waals surface area contributed by atoms with Crippen molar-refractivity contribution >= 4 is 22.6 Å². The maximum atomic E-state index is 12.7. The Bertz CT molecular complexity index is 1170. The van der Waals surface area contributed by atoms with Crippen molar-refractivity contribution < 1.29 is 13.9 Å². The van der Waals surface area contributed by atoms with E-state index >= 15 is 0 Å². The first-order chi connectivity index (χ1) is 13.2. The average Bonchev–Trinajstić information content (AvgIpc) is 2.71. The van der Waals surface area contributed by atoms with Gasteiger partial charge in [0.05, 0.1) is 11.1 Å². The van der Waals surface area contributed by atoms with Gasteiger partial charge in [-0.3, -0.25) is 9.59 Å². The number of para-hydroxylation sites is 4. The molecule has 27 heavy (non-hydrogen) atoms. The molecule has 0 atom stereocenters. The minimum Gasteiger partial charge on any atom is -0.463 e. The summed E-state index contributed by atoms with van der Waals surface area (Å²) in [5.74, 6) is 0.560. The highest BCUT2D eigenvalue weighted by molar-refractivity contribution is 6.06. The molecule has 3 aromatic carbocycles. The van der Waals surface area contributed by atoms with E-state index in [9.17, 15) is 9.59 Å². The second kappa shape index (κ2) is 7.17. The molecule has 132 valence electrons. The van der Waals surface area contributed by atoms with Gasteiger partial charge < -0.3 is 14.5 Å². The van der Waals surface area contributed by atoms with Crippen molar-refractivity contribution in [3.05, 3.63) is 101 Å². The summed E-state index contributed by atoms with van der Waals surface area (Å²) in [6, 6.07) is 23.1. The van der Waals surface area contributed by atoms with E-state index < -0.39 is 5.91 Å². The molecule has 4 rings (SSSR count). The van der Waals surface area contributed by atoms with E-state index in [1.165, 1.54) is 6.26 Å². The number of benzene rings is 3. The largest absolute Gasteiger partial charge is 0.463 e. The van der Waals surface area contributed by atoms with E-state index in [0.717, 1.165) is 0 Å². The fourth-order valence-electron chi connectivity index (χ4n) is 2.70. The second-order valence-electron chi connectivity index (χ2n) is 5.84. The standard InChI is InChI=1S/C22H15NO4/c24-21-16-10-4-6-12-19(16)26-14-17(21)22(25)23-18-11-5-7-13-20(18)27-15-8-2-1-3-9-15/h1-14H,(H,23,25). The highest BCUT2D eigenvalue weighted by Crippen LogP contribution is 2.29. The van der Waals surface area contributed by atoms with Gasteiger partial charge in [-0.1, -0.05) is 42.5 Å². The van der Waals surface area contributed by atoms with Crippen molar-refractivity contribution in [3.8, 4) is 11.5 Å². The van der Waals surface area contributed by atoms with E-state index in [0.29, 0.717) is 28.2 Å². The molecule has 1 heterocycles. The SMILES string of the molecule is O=C(Nc1ccccc1Oc1ccccc1)c1coc2ccccc2c1=O. The molecule has 0 saturated carbocycles. The molecule has 0 radical (unpaired) electrons. The predicted octanol–water partition coefficient (Wildman–Crippen LogP) is 4.84. The molecule has 0 aliphatic carbocycles. The summed E-state index contributed by atoms with van der Waals surface area (Å²) in [4.78, 5) is 25.2. The van der Waals surface area contributed by atoms with Crippen LogP contribution in [-0.4, -0.2) is 5.91 Å². The zero-order valence-corrected chi connectivity index (χ0v) is 14.2. The molecule has 5 nitrogen and oxygen atoms in total. The Kier molecular flexibility index (Phi) is 4.41. The number of rotatable bonds is 4. The number of ether oxygens (including phenoxy) is 1. The molecule has 0 saturated heterocycles. The molecule has 5 heteroatoms. The summed E-state index contributed by atoms with van der Waals surface area (Å²) >= 11 is 0. The van der Waals surface area contributed by atoms with Gasteiger partial charge in [0, 0.05) is 0 Å². The van der Waals surface area contributed by atoms with E-state index in [-0.39, 0.29) is 11.0 Å². The van der Waals surface area contributed by atoms with Crippen LogP contribution in [0.5, 0.6) is 11.5 Å². The van der Waals surface area contributed by atoms with Crippen LogP contribution in [0.15, 0.2) is 94.3 Å². The average molecular weight is 357 g/mol. The van der Waals surface area contributed by atoms with Crippen LogP contribution in [0, 0.1) is 0 Å². The normalized spacial score (nSPS) is 10.5. The van der Waals surface area contributed by atoms with Gasteiger partial charge in [0.2, 0.25) is 5.43 Å². The molecule has 1 aromatic heterocycles. The highest BCUT2D eigenvalue weighted by Gasteiger charge is 2.16. The predicted molar refractivity (Wildman–Crippen MR) is 103 cm³/mol. The molecule has 1 N–H and O–H groups in total. The Morgan fingerprint density at radius 3 is 2.41 bits per heavy atom. The number of hydrogen-bond acceptors (Lipinski definition) is 4. The van der Waals surface area contributed by atoms with Crippen molar-refractivity contribution in [2.75, 3.05) is 5.32 Å². The third-order valence-corrected chi connectivity index (χ3v) is 4.03. The number of amides is 1. The van der Waals surface area contributed by atoms with E-state index in [1.807, 2.05) is 30.3 Å². The molecule has 0 unspecified atom stereocenters. The van der Waals surface area contributed by atoms with Gasteiger partial charge in [-0.2, -0.15) is 0 Å². The Labute approximate surface area is 154 Å². The summed E-state index contributed by atoms with van der Waals surface area (Å²) in [5.41, 5.74) is 0.449. The Morgan fingerprint density at radius 2 is 1.56 bits per heavy atom. The van der Waals surface area contributed by atoms with Gasteiger partial charge in [0.1, 0.15) is 23.2 Å². The lowest BCUT2D eigenvalue weighted by atomic mass is 10.1. The number of fused-ring (bicyclic) bond motifs is 1. The van der Waals surface area contributed by atoms with Crippen LogP contribution in [0.2, 0.25) is 0 Å². The van der Waals surface area contributed by atoms with Gasteiger partial charge in [0.15, 0.2) is 5.75 Å². The molecule has 0 fully saturated rings. The fraction of sp³-hybridized carbons (Fsp3) is 0. The first-order valence-electron chi connectivity index (χ1n) is 8.36. The van der Waals surface area contributed by atoms with Gasteiger partial charge in [0.25, 0.3) is 5.91 Å². The maximum Gasteiger partial charge on any atom is 0.262 e. The van der Waals surface area contributed by atoms with Crippen molar-refractivity contribution in [2.45, 2.75) is 0 Å². The zero-order valence-electron chi connectivity index (χ0n) is 14.2. The van der Waals surface area contributed by atoms with E-state index in [4.69, 9.17) is 9.15 Å². The maximum absolute atomic E-state index is 12.7. The fourth-order valence-corrected chi connectivity index (χ4v) is 2.70. The number of carbonyl (C=O) groups excluding carboxylic acids is 1. The quantitative estimate of drug-likeness (QED) is 0.567.